The SMILES string of the molecule is C/C(=N/C(=S)C(CO[Si](c1ccccc1)(c1ccccc1)C(C)(C)C)NC(=O)OC(C)(C)C)N(C)C. The Hall–Kier alpha value is -2.55. The van der Waals surface area contributed by atoms with Crippen molar-refractivity contribution in [2.75, 3.05) is 20.7 Å². The van der Waals surface area contributed by atoms with Gasteiger partial charge in [0.1, 0.15) is 22.5 Å². The van der Waals surface area contributed by atoms with Crippen LogP contribution in [0.15, 0.2) is 65.7 Å². The largest absolute Gasteiger partial charge is 0.444 e. The van der Waals surface area contributed by atoms with Gasteiger partial charge >= 0.3 is 6.09 Å². The zero-order valence-corrected chi connectivity index (χ0v) is 24.9. The third-order valence-corrected chi connectivity index (χ3v) is 11.2. The molecule has 0 aliphatic heterocycles. The molecule has 2 aromatic rings. The molecule has 1 atom stereocenters. The quantitative estimate of drug-likeness (QED) is 0.243. The van der Waals surface area contributed by atoms with E-state index >= 15 is 0 Å². The normalized spacial score (nSPS) is 13.6. The second-order valence-electron chi connectivity index (χ2n) is 11.1. The number of amidine groups is 1. The number of carbonyl (C=O) groups is 1. The first kappa shape index (κ1) is 29.7. The van der Waals surface area contributed by atoms with Crippen LogP contribution in [0.25, 0.3) is 0 Å². The summed E-state index contributed by atoms with van der Waals surface area (Å²) in [5, 5.41) is 5.01. The lowest BCUT2D eigenvalue weighted by molar-refractivity contribution is 0.0506. The minimum absolute atomic E-state index is 0.162. The van der Waals surface area contributed by atoms with Crippen molar-refractivity contribution in [2.24, 2.45) is 4.99 Å². The predicted octanol–water partition coefficient (Wildman–Crippen LogP) is 4.76. The number of alkyl carbamates (subject to hydrolysis) is 1. The molecule has 8 heteroatoms. The Bertz CT molecular complexity index is 1010. The van der Waals surface area contributed by atoms with Gasteiger partial charge in [-0.25, -0.2) is 9.79 Å². The number of aliphatic imine (C=N–C) groups is 1. The minimum atomic E-state index is -2.83. The molecule has 1 unspecified atom stereocenters. The molecule has 0 fully saturated rings. The van der Waals surface area contributed by atoms with Crippen LogP contribution >= 0.6 is 12.2 Å². The van der Waals surface area contributed by atoms with Crippen LogP contribution in [-0.4, -0.2) is 62.5 Å². The van der Waals surface area contributed by atoms with E-state index in [2.05, 4.69) is 55.3 Å². The summed E-state index contributed by atoms with van der Waals surface area (Å²) in [5.41, 5.74) is -0.641. The monoisotopic (exact) mass is 527 g/mol. The number of carbonyl (C=O) groups excluding carboxylic acids is 1. The highest BCUT2D eigenvalue weighted by atomic mass is 32.1. The van der Waals surface area contributed by atoms with Crippen molar-refractivity contribution >= 4 is 47.8 Å². The summed E-state index contributed by atoms with van der Waals surface area (Å²) in [7, 11) is 0.971. The Labute approximate surface area is 223 Å². The van der Waals surface area contributed by atoms with Gasteiger partial charge in [-0.2, -0.15) is 0 Å². The van der Waals surface area contributed by atoms with E-state index in [0.29, 0.717) is 4.99 Å². The molecule has 6 nitrogen and oxygen atoms in total. The standard InChI is InChI=1S/C28H41N3O3SSi/c1-21(31(8)9)29-25(35)24(30-26(32)34-27(2,3)4)20-33-36(28(5,6)7,22-16-12-10-13-17-22)23-18-14-11-15-19-23/h10-19,24H,20H2,1-9H3,(H,30,32)/b29-21-. The highest BCUT2D eigenvalue weighted by Crippen LogP contribution is 2.36. The van der Waals surface area contributed by atoms with Gasteiger partial charge in [-0.15, -0.1) is 0 Å². The van der Waals surface area contributed by atoms with Gasteiger partial charge in [0.05, 0.1) is 6.61 Å². The molecular weight excluding hydrogens is 486 g/mol. The van der Waals surface area contributed by atoms with Crippen molar-refractivity contribution in [3.8, 4) is 0 Å². The van der Waals surface area contributed by atoms with Crippen LogP contribution in [0, 0.1) is 0 Å². The highest BCUT2D eigenvalue weighted by Gasteiger charge is 2.50. The lowest BCUT2D eigenvalue weighted by Gasteiger charge is -2.43. The lowest BCUT2D eigenvalue weighted by Crippen LogP contribution is -2.67. The summed E-state index contributed by atoms with van der Waals surface area (Å²) in [6.45, 7) is 14.1. The molecule has 0 radical (unpaired) electrons. The molecule has 0 heterocycles. The van der Waals surface area contributed by atoms with Gasteiger partial charge in [0.15, 0.2) is 0 Å². The van der Waals surface area contributed by atoms with E-state index < -0.39 is 26.1 Å². The average molecular weight is 528 g/mol. The Kier molecular flexibility index (Phi) is 9.99. The molecule has 2 aromatic carbocycles. The fourth-order valence-electron chi connectivity index (χ4n) is 3.93. The lowest BCUT2D eigenvalue weighted by atomic mass is 10.2. The fraction of sp³-hybridized carbons (Fsp3) is 0.464. The maximum Gasteiger partial charge on any atom is 0.408 e. The van der Waals surface area contributed by atoms with E-state index in [4.69, 9.17) is 21.4 Å². The number of amides is 1. The van der Waals surface area contributed by atoms with Gasteiger partial charge in [-0.1, -0.05) is 93.7 Å². The summed E-state index contributed by atoms with van der Waals surface area (Å²) < 4.78 is 12.5. The summed E-state index contributed by atoms with van der Waals surface area (Å²) in [4.78, 5) is 19.5. The maximum atomic E-state index is 12.8. The van der Waals surface area contributed by atoms with Gasteiger partial charge in [-0.3, -0.25) is 0 Å². The Balaban J connectivity index is 2.54. The molecule has 0 saturated carbocycles. The van der Waals surface area contributed by atoms with Gasteiger partial charge in [-0.05, 0) is 43.1 Å². The van der Waals surface area contributed by atoms with E-state index in [0.717, 1.165) is 16.2 Å². The first-order chi connectivity index (χ1) is 16.7. The summed E-state index contributed by atoms with van der Waals surface area (Å²) in [6.07, 6.45) is -0.557. The van der Waals surface area contributed by atoms with Crippen LogP contribution in [-0.2, 0) is 9.16 Å². The number of nitrogens with zero attached hydrogens (tertiary/aromatic N) is 2. The number of hydrogen-bond donors (Lipinski definition) is 1. The van der Waals surface area contributed by atoms with Crippen LogP contribution in [0.4, 0.5) is 4.79 Å². The Morgan fingerprint density at radius 2 is 1.44 bits per heavy atom. The molecule has 0 aliphatic rings. The van der Waals surface area contributed by atoms with Crippen LogP contribution in [0.3, 0.4) is 0 Å². The zero-order valence-electron chi connectivity index (χ0n) is 23.1. The molecule has 0 spiro atoms. The van der Waals surface area contributed by atoms with E-state index in [9.17, 15) is 4.79 Å². The van der Waals surface area contributed by atoms with Gasteiger partial charge in [0, 0.05) is 14.1 Å². The molecule has 36 heavy (non-hydrogen) atoms. The van der Waals surface area contributed by atoms with Crippen LogP contribution in [0.5, 0.6) is 0 Å². The van der Waals surface area contributed by atoms with Crippen LogP contribution in [0.1, 0.15) is 48.5 Å². The Morgan fingerprint density at radius 1 is 0.972 bits per heavy atom. The van der Waals surface area contributed by atoms with Gasteiger partial charge < -0.3 is 19.4 Å². The minimum Gasteiger partial charge on any atom is -0.444 e. The molecule has 196 valence electrons. The summed E-state index contributed by atoms with van der Waals surface area (Å²) in [6, 6.07) is 20.1. The van der Waals surface area contributed by atoms with Crippen molar-refractivity contribution in [1.82, 2.24) is 10.2 Å². The third kappa shape index (κ3) is 7.72. The summed E-state index contributed by atoms with van der Waals surface area (Å²) >= 11 is 5.70. The third-order valence-electron chi connectivity index (χ3n) is 5.79. The van der Waals surface area contributed by atoms with Crippen molar-refractivity contribution in [3.05, 3.63) is 60.7 Å². The second kappa shape index (κ2) is 12.1. The second-order valence-corrected chi connectivity index (χ2v) is 15.8. The number of rotatable bonds is 7. The predicted molar refractivity (Wildman–Crippen MR) is 156 cm³/mol. The molecule has 2 rings (SSSR count). The zero-order chi connectivity index (χ0) is 27.1. The average Bonchev–Trinajstić information content (AvgIpc) is 2.77. The van der Waals surface area contributed by atoms with E-state index in [-0.39, 0.29) is 11.6 Å². The maximum absolute atomic E-state index is 12.8. The van der Waals surface area contributed by atoms with Crippen molar-refractivity contribution in [2.45, 2.75) is 65.1 Å². The molecule has 0 aliphatic carbocycles. The highest BCUT2D eigenvalue weighted by molar-refractivity contribution is 7.80. The number of hydrogen-bond acceptors (Lipinski definition) is 4. The van der Waals surface area contributed by atoms with E-state index in [1.807, 2.05) is 83.1 Å². The first-order valence-corrected chi connectivity index (χ1v) is 14.5. The van der Waals surface area contributed by atoms with Crippen molar-refractivity contribution in [3.63, 3.8) is 0 Å². The first-order valence-electron chi connectivity index (χ1n) is 12.2. The van der Waals surface area contributed by atoms with Crippen LogP contribution < -0.4 is 15.7 Å². The molecule has 0 aromatic heterocycles. The van der Waals surface area contributed by atoms with Gasteiger partial charge in [0.25, 0.3) is 8.32 Å². The number of nitrogens with one attached hydrogen (secondary N) is 1. The molecule has 0 bridgehead atoms. The summed E-state index contributed by atoms with van der Waals surface area (Å²) in [5.74, 6) is 0.737. The number of thiocarbonyl (C=S) groups is 1. The smallest absolute Gasteiger partial charge is 0.408 e. The van der Waals surface area contributed by atoms with Crippen molar-refractivity contribution in [1.29, 1.82) is 0 Å². The van der Waals surface area contributed by atoms with Crippen molar-refractivity contribution < 1.29 is 14.0 Å². The van der Waals surface area contributed by atoms with E-state index in [1.165, 1.54) is 0 Å². The molecule has 1 amide bonds. The van der Waals surface area contributed by atoms with Gasteiger partial charge in [0.2, 0.25) is 0 Å². The topological polar surface area (TPSA) is 63.2 Å². The number of benzene rings is 2. The Morgan fingerprint density at radius 3 is 1.83 bits per heavy atom. The number of ether oxygens (including phenoxy) is 1. The molecule has 1 N–H and O–H groups in total. The molecule has 0 saturated heterocycles. The van der Waals surface area contributed by atoms with Crippen LogP contribution in [0.2, 0.25) is 5.04 Å². The van der Waals surface area contributed by atoms with E-state index in [1.54, 1.807) is 0 Å². The fourth-order valence-corrected chi connectivity index (χ4v) is 8.76. The molecular formula is C28H41N3O3SSi.